The second-order valence-corrected chi connectivity index (χ2v) is 6.30. The molecule has 3 nitrogen and oxygen atoms in total. The van der Waals surface area contributed by atoms with E-state index in [1.165, 1.54) is 37.8 Å². The smallest absolute Gasteiger partial charge is 0.231 e. The van der Waals surface area contributed by atoms with Gasteiger partial charge in [-0.15, -0.1) is 0 Å². The zero-order chi connectivity index (χ0) is 12.7. The van der Waals surface area contributed by atoms with Crippen LogP contribution in [-0.2, 0) is 6.42 Å². The molecular formula is C16H22NO2+. The number of quaternary nitrogens is 1. The van der Waals surface area contributed by atoms with Crippen molar-refractivity contribution in [2.45, 2.75) is 38.1 Å². The third kappa shape index (κ3) is 2.20. The van der Waals surface area contributed by atoms with E-state index in [0.29, 0.717) is 6.79 Å². The van der Waals surface area contributed by atoms with Crippen molar-refractivity contribution in [1.82, 2.24) is 0 Å². The molecule has 1 heterocycles. The fourth-order valence-corrected chi connectivity index (χ4v) is 4.14. The Morgan fingerprint density at radius 2 is 2.05 bits per heavy atom. The Labute approximate surface area is 114 Å². The summed E-state index contributed by atoms with van der Waals surface area (Å²) in [7, 11) is 0. The van der Waals surface area contributed by atoms with Gasteiger partial charge in [0, 0.05) is 18.8 Å². The molecule has 2 N–H and O–H groups in total. The highest BCUT2D eigenvalue weighted by Crippen LogP contribution is 2.43. The normalized spacial score (nSPS) is 31.1. The second-order valence-electron chi connectivity index (χ2n) is 6.30. The van der Waals surface area contributed by atoms with Gasteiger partial charge in [0.15, 0.2) is 11.5 Å². The molecular weight excluding hydrogens is 238 g/mol. The Kier molecular flexibility index (Phi) is 2.87. The van der Waals surface area contributed by atoms with Crippen molar-refractivity contribution in [2.24, 2.45) is 11.8 Å². The fourth-order valence-electron chi connectivity index (χ4n) is 4.14. The molecule has 0 saturated heterocycles. The lowest BCUT2D eigenvalue weighted by Gasteiger charge is -2.19. The maximum atomic E-state index is 5.43. The molecule has 0 unspecified atom stereocenters. The predicted molar refractivity (Wildman–Crippen MR) is 72.3 cm³/mol. The summed E-state index contributed by atoms with van der Waals surface area (Å²) in [5.74, 6) is 3.87. The predicted octanol–water partition coefficient (Wildman–Crippen LogP) is 1.71. The van der Waals surface area contributed by atoms with E-state index in [2.05, 4.69) is 17.4 Å². The summed E-state index contributed by atoms with van der Waals surface area (Å²) in [6, 6.07) is 7.25. The summed E-state index contributed by atoms with van der Waals surface area (Å²) in [6.45, 7) is 1.57. The minimum atomic E-state index is 0.371. The first-order valence-electron chi connectivity index (χ1n) is 7.60. The first-order valence-corrected chi connectivity index (χ1v) is 7.60. The quantitative estimate of drug-likeness (QED) is 0.894. The number of hydrogen-bond acceptors (Lipinski definition) is 2. The summed E-state index contributed by atoms with van der Waals surface area (Å²) >= 11 is 0. The number of fused-ring (bicyclic) bond motifs is 3. The SMILES string of the molecule is c1cc2c(cc1CC[NH2+][C@H]1C[C@@H]3CC[C@@H]1C3)OCO2. The van der Waals surface area contributed by atoms with Crippen LogP contribution in [0.5, 0.6) is 11.5 Å². The van der Waals surface area contributed by atoms with Crippen LogP contribution in [0.15, 0.2) is 18.2 Å². The molecule has 2 bridgehead atoms. The molecule has 3 heteroatoms. The highest BCUT2D eigenvalue weighted by atomic mass is 16.7. The van der Waals surface area contributed by atoms with E-state index in [9.17, 15) is 0 Å². The molecule has 19 heavy (non-hydrogen) atoms. The largest absolute Gasteiger partial charge is 0.454 e. The van der Waals surface area contributed by atoms with Crippen LogP contribution in [0.3, 0.4) is 0 Å². The van der Waals surface area contributed by atoms with Crippen molar-refractivity contribution in [3.63, 3.8) is 0 Å². The van der Waals surface area contributed by atoms with Crippen molar-refractivity contribution in [1.29, 1.82) is 0 Å². The summed E-state index contributed by atoms with van der Waals surface area (Å²) in [5.41, 5.74) is 1.36. The molecule has 1 aliphatic heterocycles. The summed E-state index contributed by atoms with van der Waals surface area (Å²) < 4.78 is 10.8. The molecule has 2 fully saturated rings. The summed E-state index contributed by atoms with van der Waals surface area (Å²) in [4.78, 5) is 0. The zero-order valence-corrected chi connectivity index (χ0v) is 11.3. The first-order chi connectivity index (χ1) is 9.38. The number of nitrogens with two attached hydrogens (primary N) is 1. The Hall–Kier alpha value is -1.22. The lowest BCUT2D eigenvalue weighted by molar-refractivity contribution is -0.694. The fraction of sp³-hybridized carbons (Fsp3) is 0.625. The molecule has 1 aromatic rings. The van der Waals surface area contributed by atoms with Crippen LogP contribution in [0.1, 0.15) is 31.2 Å². The van der Waals surface area contributed by atoms with Crippen LogP contribution in [0, 0.1) is 11.8 Å². The van der Waals surface area contributed by atoms with Crippen LogP contribution in [0.4, 0.5) is 0 Å². The van der Waals surface area contributed by atoms with E-state index in [0.717, 1.165) is 35.8 Å². The molecule has 3 aliphatic rings. The van der Waals surface area contributed by atoms with E-state index >= 15 is 0 Å². The number of rotatable bonds is 4. The van der Waals surface area contributed by atoms with E-state index in [4.69, 9.17) is 9.47 Å². The van der Waals surface area contributed by atoms with Crippen molar-refractivity contribution in [3.8, 4) is 11.5 Å². The molecule has 2 aliphatic carbocycles. The maximum absolute atomic E-state index is 5.43. The molecule has 102 valence electrons. The van der Waals surface area contributed by atoms with Crippen LogP contribution in [0.25, 0.3) is 0 Å². The molecule has 0 amide bonds. The van der Waals surface area contributed by atoms with Crippen molar-refractivity contribution in [2.75, 3.05) is 13.3 Å². The van der Waals surface area contributed by atoms with Gasteiger partial charge in [-0.3, -0.25) is 0 Å². The van der Waals surface area contributed by atoms with Crippen LogP contribution < -0.4 is 14.8 Å². The van der Waals surface area contributed by atoms with Gasteiger partial charge in [0.25, 0.3) is 0 Å². The average Bonchev–Trinajstić information content (AvgIpc) is 3.14. The Bertz CT molecular complexity index is 474. The molecule has 4 rings (SSSR count). The van der Waals surface area contributed by atoms with Crippen molar-refractivity contribution < 1.29 is 14.8 Å². The van der Waals surface area contributed by atoms with Crippen LogP contribution >= 0.6 is 0 Å². The number of benzene rings is 1. The monoisotopic (exact) mass is 260 g/mol. The molecule has 0 radical (unpaired) electrons. The first kappa shape index (κ1) is 11.6. The van der Waals surface area contributed by atoms with Crippen LogP contribution in [0.2, 0.25) is 0 Å². The minimum absolute atomic E-state index is 0.371. The van der Waals surface area contributed by atoms with Gasteiger partial charge in [-0.05, 0) is 42.9 Å². The summed E-state index contributed by atoms with van der Waals surface area (Å²) in [6.07, 6.45) is 7.08. The van der Waals surface area contributed by atoms with Gasteiger partial charge in [-0.1, -0.05) is 6.07 Å². The van der Waals surface area contributed by atoms with Gasteiger partial charge < -0.3 is 14.8 Å². The van der Waals surface area contributed by atoms with E-state index in [-0.39, 0.29) is 0 Å². The van der Waals surface area contributed by atoms with Gasteiger partial charge in [-0.25, -0.2) is 0 Å². The van der Waals surface area contributed by atoms with Gasteiger partial charge in [0.1, 0.15) is 0 Å². The number of ether oxygens (including phenoxy) is 2. The zero-order valence-electron chi connectivity index (χ0n) is 11.3. The topological polar surface area (TPSA) is 35.1 Å². The third-order valence-corrected chi connectivity index (χ3v) is 5.13. The van der Waals surface area contributed by atoms with Crippen molar-refractivity contribution >= 4 is 0 Å². The van der Waals surface area contributed by atoms with Gasteiger partial charge in [-0.2, -0.15) is 0 Å². The minimum Gasteiger partial charge on any atom is -0.454 e. The standard InChI is InChI=1S/C16H21NO2/c1-3-13-7-12(1)8-14(13)17-6-5-11-2-4-15-16(9-11)19-10-18-15/h2,4,9,12-14,17H,1,3,5-8,10H2/p+1/t12-,13-,14+/m1/s1. The highest BCUT2D eigenvalue weighted by molar-refractivity contribution is 5.44. The maximum Gasteiger partial charge on any atom is 0.231 e. The number of hydrogen-bond donors (Lipinski definition) is 1. The molecule has 1 aromatic carbocycles. The summed E-state index contributed by atoms with van der Waals surface area (Å²) in [5, 5.41) is 2.59. The molecule has 2 saturated carbocycles. The van der Waals surface area contributed by atoms with Gasteiger partial charge in [0.05, 0.1) is 12.6 Å². The van der Waals surface area contributed by atoms with Gasteiger partial charge in [0.2, 0.25) is 6.79 Å². The Morgan fingerprint density at radius 3 is 2.89 bits per heavy atom. The molecule has 0 spiro atoms. The van der Waals surface area contributed by atoms with Crippen molar-refractivity contribution in [3.05, 3.63) is 23.8 Å². The second kappa shape index (κ2) is 4.71. The van der Waals surface area contributed by atoms with E-state index in [1.807, 2.05) is 6.07 Å². The lowest BCUT2D eigenvalue weighted by Crippen LogP contribution is -2.91. The van der Waals surface area contributed by atoms with E-state index < -0.39 is 0 Å². The molecule has 0 aromatic heterocycles. The third-order valence-electron chi connectivity index (χ3n) is 5.13. The van der Waals surface area contributed by atoms with Gasteiger partial charge >= 0.3 is 0 Å². The highest BCUT2D eigenvalue weighted by Gasteiger charge is 2.41. The average molecular weight is 260 g/mol. The Balaban J connectivity index is 1.30. The van der Waals surface area contributed by atoms with Crippen LogP contribution in [-0.4, -0.2) is 19.4 Å². The lowest BCUT2D eigenvalue weighted by atomic mass is 9.95. The van der Waals surface area contributed by atoms with E-state index in [1.54, 1.807) is 0 Å². The Morgan fingerprint density at radius 1 is 1.11 bits per heavy atom. The molecule has 3 atom stereocenters.